The van der Waals surface area contributed by atoms with Gasteiger partial charge in [0.2, 0.25) is 0 Å². The van der Waals surface area contributed by atoms with Crippen molar-refractivity contribution in [1.82, 2.24) is 0 Å². The average molecular weight is 279 g/mol. The fraction of sp³-hybridized carbons (Fsp3) is 1.00. The maximum atomic E-state index is 1.64. The van der Waals surface area contributed by atoms with Gasteiger partial charge in [-0.25, -0.2) is 0 Å². The van der Waals surface area contributed by atoms with Crippen LogP contribution in [-0.2, 0) is 0 Å². The summed E-state index contributed by atoms with van der Waals surface area (Å²) in [6.07, 6.45) is 0. The Morgan fingerprint density at radius 3 is 1.17 bits per heavy atom. The molecule has 1 fully saturated rings. The van der Waals surface area contributed by atoms with Crippen LogP contribution in [0.25, 0.3) is 0 Å². The molecule has 0 aromatic rings. The van der Waals surface area contributed by atoms with Crippen LogP contribution in [0.5, 0.6) is 0 Å². The zero-order valence-electron chi connectivity index (χ0n) is 3.35. The monoisotopic (exact) mass is 282 g/mol. The second-order valence-corrected chi connectivity index (χ2v) is 12.7. The number of rotatable bonds is 0. The van der Waals surface area contributed by atoms with E-state index in [-0.39, 0.29) is 0 Å². The Morgan fingerprint density at radius 1 is 0.667 bits per heavy atom. The van der Waals surface area contributed by atoms with Crippen molar-refractivity contribution in [3.63, 3.8) is 0 Å². The van der Waals surface area contributed by atoms with E-state index in [0.29, 0.717) is 0 Å². The van der Waals surface area contributed by atoms with Crippen molar-refractivity contribution in [2.45, 2.75) is 12.7 Å². The summed E-state index contributed by atoms with van der Waals surface area (Å²) < 4.78 is 4.92. The van der Waals surface area contributed by atoms with Crippen LogP contribution in [-0.4, -0.2) is 44.9 Å². The van der Waals surface area contributed by atoms with Crippen molar-refractivity contribution in [2.24, 2.45) is 0 Å². The molecule has 0 bridgehead atoms. The molecule has 1 aliphatic rings. The Hall–Kier alpha value is 1.56. The van der Waals surface area contributed by atoms with Gasteiger partial charge in [0.15, 0.2) is 0 Å². The molecule has 0 N–H and O–H groups in total. The van der Waals surface area contributed by atoms with Gasteiger partial charge in [0, 0.05) is 0 Å². The molecule has 0 atom stereocenters. The molecule has 0 radical (unpaired) electrons. The first-order valence-corrected chi connectivity index (χ1v) is 9.00. The SMILES string of the molecule is C1[Se]C[Se]C[Se]1. The van der Waals surface area contributed by atoms with Crippen LogP contribution in [0.2, 0.25) is 12.7 Å². The van der Waals surface area contributed by atoms with E-state index >= 15 is 0 Å². The summed E-state index contributed by atoms with van der Waals surface area (Å²) in [6, 6.07) is 0. The predicted octanol–water partition coefficient (Wildman–Crippen LogP) is 0.240. The van der Waals surface area contributed by atoms with E-state index in [0.717, 1.165) is 44.9 Å². The van der Waals surface area contributed by atoms with Crippen molar-refractivity contribution in [3.8, 4) is 0 Å². The van der Waals surface area contributed by atoms with Crippen molar-refractivity contribution in [2.75, 3.05) is 0 Å². The summed E-state index contributed by atoms with van der Waals surface area (Å²) in [5.41, 5.74) is 0. The molecule has 0 spiro atoms. The van der Waals surface area contributed by atoms with Gasteiger partial charge < -0.3 is 0 Å². The molecule has 1 heterocycles. The zero-order valence-corrected chi connectivity index (χ0v) is 8.49. The molecule has 36 valence electrons. The van der Waals surface area contributed by atoms with E-state index in [1.54, 1.807) is 12.7 Å². The third-order valence-corrected chi connectivity index (χ3v) is 13.5. The molecule has 0 unspecified atom stereocenters. The summed E-state index contributed by atoms with van der Waals surface area (Å²) in [5.74, 6) is 0. The van der Waals surface area contributed by atoms with Gasteiger partial charge in [-0.15, -0.1) is 0 Å². The van der Waals surface area contributed by atoms with E-state index in [2.05, 4.69) is 0 Å². The summed E-state index contributed by atoms with van der Waals surface area (Å²) >= 11 is 3.33. The van der Waals surface area contributed by atoms with Crippen LogP contribution in [0.15, 0.2) is 0 Å². The molecule has 0 saturated carbocycles. The van der Waals surface area contributed by atoms with Gasteiger partial charge in [0.25, 0.3) is 0 Å². The van der Waals surface area contributed by atoms with Gasteiger partial charge in [-0.05, 0) is 0 Å². The van der Waals surface area contributed by atoms with Gasteiger partial charge in [0.05, 0.1) is 0 Å². The van der Waals surface area contributed by atoms with Gasteiger partial charge in [-0.3, -0.25) is 0 Å². The Kier molecular flexibility index (Phi) is 3.36. The predicted molar refractivity (Wildman–Crippen MR) is 31.7 cm³/mol. The van der Waals surface area contributed by atoms with Crippen LogP contribution in [0.1, 0.15) is 0 Å². The molecule has 1 saturated heterocycles. The number of hydrogen-bond donors (Lipinski definition) is 0. The van der Waals surface area contributed by atoms with Gasteiger partial charge in [-0.2, -0.15) is 0 Å². The first-order chi connectivity index (χ1) is 3.00. The molecule has 1 rings (SSSR count). The van der Waals surface area contributed by atoms with Gasteiger partial charge >= 0.3 is 57.5 Å². The topological polar surface area (TPSA) is 0 Å². The number of hydrogen-bond acceptors (Lipinski definition) is 0. The van der Waals surface area contributed by atoms with E-state index in [4.69, 9.17) is 0 Å². The van der Waals surface area contributed by atoms with Crippen molar-refractivity contribution in [1.29, 1.82) is 0 Å². The van der Waals surface area contributed by atoms with Crippen LogP contribution in [0, 0.1) is 0 Å². The van der Waals surface area contributed by atoms with Crippen LogP contribution in [0.3, 0.4) is 0 Å². The molecule has 3 heteroatoms. The van der Waals surface area contributed by atoms with Crippen molar-refractivity contribution >= 4 is 44.9 Å². The van der Waals surface area contributed by atoms with Crippen LogP contribution in [0.4, 0.5) is 0 Å². The quantitative estimate of drug-likeness (QED) is 0.557. The molecular formula is C3H6Se3. The van der Waals surface area contributed by atoms with Gasteiger partial charge in [-0.1, -0.05) is 0 Å². The molecule has 0 aliphatic carbocycles. The van der Waals surface area contributed by atoms with Crippen LogP contribution < -0.4 is 0 Å². The first kappa shape index (κ1) is 5.69. The summed E-state index contributed by atoms with van der Waals surface area (Å²) in [6.45, 7) is 0. The summed E-state index contributed by atoms with van der Waals surface area (Å²) in [5, 5.41) is 0. The third-order valence-electron chi connectivity index (χ3n) is 0.500. The summed E-state index contributed by atoms with van der Waals surface area (Å²) in [7, 11) is 0. The minimum absolute atomic E-state index is 1.11. The van der Waals surface area contributed by atoms with Crippen LogP contribution >= 0.6 is 0 Å². The van der Waals surface area contributed by atoms with E-state index in [9.17, 15) is 0 Å². The van der Waals surface area contributed by atoms with Gasteiger partial charge in [0.1, 0.15) is 0 Å². The third kappa shape index (κ3) is 2.02. The van der Waals surface area contributed by atoms with Crippen molar-refractivity contribution in [3.05, 3.63) is 0 Å². The second-order valence-electron chi connectivity index (χ2n) is 0.966. The molecule has 0 nitrogen and oxygen atoms in total. The molecule has 0 aromatic carbocycles. The minimum atomic E-state index is 1.11. The van der Waals surface area contributed by atoms with E-state index in [1.165, 1.54) is 0 Å². The molecule has 1 aliphatic heterocycles. The Bertz CT molecular complexity index is 21.5. The fourth-order valence-corrected chi connectivity index (χ4v) is 19.1. The molecule has 6 heavy (non-hydrogen) atoms. The zero-order chi connectivity index (χ0) is 4.24. The Labute approximate surface area is 57.3 Å². The fourth-order valence-electron chi connectivity index (χ4n) is 0.279. The Balaban J connectivity index is 2.00. The van der Waals surface area contributed by atoms with E-state index < -0.39 is 0 Å². The first-order valence-electron chi connectivity index (χ1n) is 1.73. The molecular weight excluding hydrogens is 273 g/mol. The molecule has 0 amide bonds. The van der Waals surface area contributed by atoms with Crippen molar-refractivity contribution < 1.29 is 0 Å². The normalized spacial score (nSPS) is 24.0. The van der Waals surface area contributed by atoms with E-state index in [1.807, 2.05) is 0 Å². The Morgan fingerprint density at radius 2 is 1.00 bits per heavy atom. The standard InChI is InChI=1S/C3H6Se3/c1-4-2-6-3-5-1/h1-3H2. The average Bonchev–Trinajstić information content (AvgIpc) is 1.72. The molecule has 0 aromatic heterocycles. The maximum absolute atomic E-state index is 1.64. The second kappa shape index (κ2) is 3.55. The summed E-state index contributed by atoms with van der Waals surface area (Å²) in [4.78, 5) is 0.